The molecule has 2 heterocycles. The number of hydrogen-bond acceptors (Lipinski definition) is 7. The second kappa shape index (κ2) is 10.3. The molecule has 2 aromatic rings. The smallest absolute Gasteiger partial charge is 0.295 e. The standard InChI is InChI=1S/C26H31N5O3/c1-3-23(30-18-16-29(2)17-19-30)26(31(33)34)14-9-15-27-25(26)28-22-13-8-7-12-21(22)24(32)20-10-5-4-6-11-20/h4-15,23,25,28H,3,16-19H2,1-2H3. The second-order valence-electron chi connectivity index (χ2n) is 8.85. The number of carbonyl (C=O) groups excluding carboxylic acids is 1. The van der Waals surface area contributed by atoms with E-state index in [0.717, 1.165) is 26.2 Å². The molecule has 8 heteroatoms. The highest BCUT2D eigenvalue weighted by Crippen LogP contribution is 2.34. The predicted molar refractivity (Wildman–Crippen MR) is 134 cm³/mol. The van der Waals surface area contributed by atoms with Crippen LogP contribution < -0.4 is 5.32 Å². The van der Waals surface area contributed by atoms with Crippen molar-refractivity contribution < 1.29 is 9.72 Å². The number of benzene rings is 2. The van der Waals surface area contributed by atoms with Gasteiger partial charge in [0.05, 0.1) is 6.04 Å². The first-order chi connectivity index (χ1) is 16.5. The molecular formula is C26H31N5O3. The normalized spacial score (nSPS) is 24.0. The quantitative estimate of drug-likeness (QED) is 0.368. The minimum atomic E-state index is -1.47. The van der Waals surface area contributed by atoms with Crippen LogP contribution in [0, 0.1) is 10.1 Å². The highest BCUT2D eigenvalue weighted by molar-refractivity contribution is 6.12. The van der Waals surface area contributed by atoms with Gasteiger partial charge in [-0.3, -0.25) is 24.8 Å². The highest BCUT2D eigenvalue weighted by atomic mass is 16.6. The topological polar surface area (TPSA) is 91.1 Å². The summed E-state index contributed by atoms with van der Waals surface area (Å²) >= 11 is 0. The lowest BCUT2D eigenvalue weighted by Crippen LogP contribution is -2.66. The van der Waals surface area contributed by atoms with E-state index < -0.39 is 11.7 Å². The van der Waals surface area contributed by atoms with Crippen LogP contribution in [0.25, 0.3) is 0 Å². The summed E-state index contributed by atoms with van der Waals surface area (Å²) in [6, 6.07) is 15.8. The Labute approximate surface area is 200 Å². The lowest BCUT2D eigenvalue weighted by atomic mass is 9.82. The van der Waals surface area contributed by atoms with Crippen LogP contribution in [0.2, 0.25) is 0 Å². The first-order valence-corrected chi connectivity index (χ1v) is 11.7. The number of nitro groups is 1. The van der Waals surface area contributed by atoms with Gasteiger partial charge in [-0.1, -0.05) is 49.4 Å². The van der Waals surface area contributed by atoms with Crippen LogP contribution in [0.1, 0.15) is 29.3 Å². The van der Waals surface area contributed by atoms with E-state index in [1.54, 1.807) is 48.7 Å². The summed E-state index contributed by atoms with van der Waals surface area (Å²) in [7, 11) is 2.07. The van der Waals surface area contributed by atoms with Crippen molar-refractivity contribution >= 4 is 17.7 Å². The number of hydrogen-bond donors (Lipinski definition) is 1. The van der Waals surface area contributed by atoms with E-state index in [-0.39, 0.29) is 16.7 Å². The number of piperazine rings is 1. The Kier molecular flexibility index (Phi) is 7.19. The molecule has 0 bridgehead atoms. The maximum atomic E-state index is 13.2. The van der Waals surface area contributed by atoms with Crippen molar-refractivity contribution in [2.24, 2.45) is 4.99 Å². The highest BCUT2D eigenvalue weighted by Gasteiger charge is 2.57. The largest absolute Gasteiger partial charge is 0.357 e. The van der Waals surface area contributed by atoms with Crippen molar-refractivity contribution in [2.75, 3.05) is 38.5 Å². The molecule has 2 aromatic carbocycles. The molecule has 1 fully saturated rings. The van der Waals surface area contributed by atoms with Crippen molar-refractivity contribution in [2.45, 2.75) is 31.1 Å². The lowest BCUT2D eigenvalue weighted by molar-refractivity contribution is -0.566. The van der Waals surface area contributed by atoms with E-state index in [2.05, 4.69) is 27.2 Å². The average molecular weight is 462 g/mol. The molecule has 2 aliphatic heterocycles. The number of para-hydroxylation sites is 1. The molecule has 0 spiro atoms. The minimum Gasteiger partial charge on any atom is -0.357 e. The summed E-state index contributed by atoms with van der Waals surface area (Å²) in [5.74, 6) is -0.142. The first-order valence-electron chi connectivity index (χ1n) is 11.7. The molecule has 8 nitrogen and oxygen atoms in total. The molecular weight excluding hydrogens is 430 g/mol. The Morgan fingerprint density at radius 1 is 1.15 bits per heavy atom. The third-order valence-electron chi connectivity index (χ3n) is 6.84. The number of likely N-dealkylation sites (N-methyl/N-ethyl adjacent to an activating group) is 1. The molecule has 0 aromatic heterocycles. The van der Waals surface area contributed by atoms with Crippen LogP contribution in [-0.4, -0.2) is 77.7 Å². The van der Waals surface area contributed by atoms with Crippen molar-refractivity contribution in [1.29, 1.82) is 0 Å². The van der Waals surface area contributed by atoms with Crippen molar-refractivity contribution in [1.82, 2.24) is 9.80 Å². The number of allylic oxidation sites excluding steroid dienone is 1. The summed E-state index contributed by atoms with van der Waals surface area (Å²) < 4.78 is 0. The van der Waals surface area contributed by atoms with Gasteiger partial charge in [-0.15, -0.1) is 0 Å². The Bertz CT molecular complexity index is 1080. The van der Waals surface area contributed by atoms with E-state index in [0.29, 0.717) is 23.2 Å². The number of anilines is 1. The Morgan fingerprint density at radius 3 is 2.50 bits per heavy atom. The van der Waals surface area contributed by atoms with Crippen LogP contribution in [0.3, 0.4) is 0 Å². The van der Waals surface area contributed by atoms with Crippen molar-refractivity contribution in [3.63, 3.8) is 0 Å². The van der Waals surface area contributed by atoms with Gasteiger partial charge in [-0.25, -0.2) is 0 Å². The zero-order valence-electron chi connectivity index (χ0n) is 19.6. The molecule has 0 saturated carbocycles. The van der Waals surface area contributed by atoms with E-state index in [1.165, 1.54) is 0 Å². The third kappa shape index (κ3) is 4.51. The number of nitrogens with one attached hydrogen (secondary N) is 1. The van der Waals surface area contributed by atoms with E-state index in [9.17, 15) is 14.9 Å². The van der Waals surface area contributed by atoms with Crippen LogP contribution in [0.4, 0.5) is 5.69 Å². The van der Waals surface area contributed by atoms with Gasteiger partial charge in [-0.05, 0) is 37.8 Å². The van der Waals surface area contributed by atoms with Gasteiger partial charge < -0.3 is 10.2 Å². The van der Waals surface area contributed by atoms with E-state index in [1.807, 2.05) is 31.2 Å². The van der Waals surface area contributed by atoms with Gasteiger partial charge in [0.25, 0.3) is 5.54 Å². The van der Waals surface area contributed by atoms with Gasteiger partial charge in [-0.2, -0.15) is 0 Å². The molecule has 1 N–H and O–H groups in total. The molecule has 1 saturated heterocycles. The molecule has 4 rings (SSSR count). The minimum absolute atomic E-state index is 0.142. The average Bonchev–Trinajstić information content (AvgIpc) is 2.87. The zero-order valence-corrected chi connectivity index (χ0v) is 19.6. The molecule has 0 radical (unpaired) electrons. The van der Waals surface area contributed by atoms with Gasteiger partial charge in [0.1, 0.15) is 0 Å². The molecule has 0 amide bonds. The molecule has 34 heavy (non-hydrogen) atoms. The number of rotatable bonds is 8. The second-order valence-corrected chi connectivity index (χ2v) is 8.85. The summed E-state index contributed by atoms with van der Waals surface area (Å²) in [6.45, 7) is 5.24. The molecule has 178 valence electrons. The molecule has 3 unspecified atom stereocenters. The lowest BCUT2D eigenvalue weighted by Gasteiger charge is -2.44. The van der Waals surface area contributed by atoms with Crippen LogP contribution in [-0.2, 0) is 0 Å². The Balaban J connectivity index is 1.70. The fraction of sp³-hybridized carbons (Fsp3) is 0.385. The zero-order chi connectivity index (χ0) is 24.1. The number of ketones is 1. The summed E-state index contributed by atoms with van der Waals surface area (Å²) in [5.41, 5.74) is 0.0901. The van der Waals surface area contributed by atoms with Gasteiger partial charge in [0.2, 0.25) is 0 Å². The maximum Gasteiger partial charge on any atom is 0.295 e. The number of aliphatic imine (C=N–C) groups is 1. The molecule has 0 aliphatic carbocycles. The first kappa shape index (κ1) is 23.8. The summed E-state index contributed by atoms with van der Waals surface area (Å²) in [6.07, 6.45) is 4.68. The maximum absolute atomic E-state index is 13.2. The van der Waals surface area contributed by atoms with E-state index in [4.69, 9.17) is 0 Å². The van der Waals surface area contributed by atoms with Crippen LogP contribution >= 0.6 is 0 Å². The van der Waals surface area contributed by atoms with Crippen LogP contribution in [0.15, 0.2) is 71.7 Å². The number of carbonyl (C=O) groups is 1. The third-order valence-corrected chi connectivity index (χ3v) is 6.84. The van der Waals surface area contributed by atoms with Gasteiger partial charge >= 0.3 is 0 Å². The van der Waals surface area contributed by atoms with E-state index >= 15 is 0 Å². The predicted octanol–water partition coefficient (Wildman–Crippen LogP) is 3.34. The summed E-state index contributed by atoms with van der Waals surface area (Å²) in [5, 5.41) is 16.0. The molecule has 3 atom stereocenters. The van der Waals surface area contributed by atoms with Gasteiger partial charge in [0, 0.05) is 54.1 Å². The van der Waals surface area contributed by atoms with Crippen molar-refractivity contribution in [3.05, 3.63) is 88.0 Å². The fourth-order valence-corrected chi connectivity index (χ4v) is 4.98. The number of dihydropyridines is 1. The SMILES string of the molecule is CCC(N1CCN(C)CC1)C1([N+](=O)[O-])C=CC=NC1Nc1ccccc1C(=O)c1ccccc1. The number of nitrogens with zero attached hydrogens (tertiary/aromatic N) is 4. The summed E-state index contributed by atoms with van der Waals surface area (Å²) in [4.78, 5) is 34.8. The molecule has 2 aliphatic rings. The van der Waals surface area contributed by atoms with Crippen LogP contribution in [0.5, 0.6) is 0 Å². The Hall–Kier alpha value is -3.36. The Morgan fingerprint density at radius 2 is 1.82 bits per heavy atom. The monoisotopic (exact) mass is 461 g/mol. The van der Waals surface area contributed by atoms with Crippen molar-refractivity contribution in [3.8, 4) is 0 Å². The fourth-order valence-electron chi connectivity index (χ4n) is 4.98. The van der Waals surface area contributed by atoms with Gasteiger partial charge in [0.15, 0.2) is 11.9 Å².